The molecular formula is C21H30N4O4. The quantitative estimate of drug-likeness (QED) is 0.579. The molecule has 1 aromatic carbocycles. The zero-order chi connectivity index (χ0) is 21.0. The summed E-state index contributed by atoms with van der Waals surface area (Å²) in [5, 5.41) is 15.2. The van der Waals surface area contributed by atoms with Crippen LogP contribution in [-0.2, 0) is 16.0 Å². The Bertz CT molecular complexity index is 805. The summed E-state index contributed by atoms with van der Waals surface area (Å²) >= 11 is 0. The molecule has 2 aromatic rings. The minimum atomic E-state index is -0.802. The monoisotopic (exact) mass is 402 g/mol. The van der Waals surface area contributed by atoms with E-state index in [2.05, 4.69) is 16.0 Å². The Morgan fingerprint density at radius 2 is 1.93 bits per heavy atom. The summed E-state index contributed by atoms with van der Waals surface area (Å²) in [7, 11) is 3.02. The lowest BCUT2D eigenvalue weighted by molar-refractivity contribution is -0.141. The van der Waals surface area contributed by atoms with Crippen molar-refractivity contribution < 1.29 is 19.4 Å². The minimum absolute atomic E-state index is 0.0800. The number of methoxy groups -OCH3 is 2. The van der Waals surface area contributed by atoms with Gasteiger partial charge in [-0.15, -0.1) is 0 Å². The first-order chi connectivity index (χ1) is 13.9. The molecule has 1 saturated heterocycles. The van der Waals surface area contributed by atoms with Gasteiger partial charge in [0.25, 0.3) is 0 Å². The number of rotatable bonds is 8. The van der Waals surface area contributed by atoms with Crippen molar-refractivity contribution in [2.24, 2.45) is 5.92 Å². The summed E-state index contributed by atoms with van der Waals surface area (Å²) in [5.41, 5.74) is 8.17. The van der Waals surface area contributed by atoms with Crippen LogP contribution in [0.2, 0.25) is 0 Å². The molecule has 0 bridgehead atoms. The number of ether oxygens (including phenoxy) is 2. The summed E-state index contributed by atoms with van der Waals surface area (Å²) in [6.45, 7) is 4.09. The number of aliphatic hydroxyl groups is 1. The normalized spacial score (nSPS) is 22.6. The molecule has 0 radical (unpaired) electrons. The van der Waals surface area contributed by atoms with E-state index in [1.807, 2.05) is 48.9 Å². The van der Waals surface area contributed by atoms with Gasteiger partial charge < -0.3 is 14.6 Å². The molecule has 1 fully saturated rings. The van der Waals surface area contributed by atoms with E-state index in [0.717, 1.165) is 17.0 Å². The molecule has 1 aromatic heterocycles. The molecular weight excluding hydrogens is 372 g/mol. The third-order valence-electron chi connectivity index (χ3n) is 5.51. The van der Waals surface area contributed by atoms with Crippen LogP contribution in [0.4, 0.5) is 0 Å². The summed E-state index contributed by atoms with van der Waals surface area (Å²) < 4.78 is 12.1. The van der Waals surface area contributed by atoms with E-state index >= 15 is 0 Å². The van der Waals surface area contributed by atoms with E-state index in [4.69, 9.17) is 9.47 Å². The maximum atomic E-state index is 12.2. The first kappa shape index (κ1) is 21.3. The molecule has 1 aliphatic heterocycles. The fourth-order valence-corrected chi connectivity index (χ4v) is 4.06. The largest absolute Gasteiger partial charge is 0.497 e. The van der Waals surface area contributed by atoms with E-state index in [9.17, 15) is 9.90 Å². The Morgan fingerprint density at radius 3 is 2.55 bits per heavy atom. The lowest BCUT2D eigenvalue weighted by Crippen LogP contribution is -2.36. The maximum Gasteiger partial charge on any atom is 0.306 e. The molecule has 3 N–H and O–H groups in total. The van der Waals surface area contributed by atoms with Crippen molar-refractivity contribution in [2.75, 3.05) is 14.2 Å². The Labute approximate surface area is 171 Å². The fraction of sp³-hybridized carbons (Fsp3) is 0.524. The average molecular weight is 402 g/mol. The molecule has 158 valence electrons. The smallest absolute Gasteiger partial charge is 0.306 e. The van der Waals surface area contributed by atoms with Gasteiger partial charge >= 0.3 is 5.97 Å². The van der Waals surface area contributed by atoms with Crippen molar-refractivity contribution in [2.45, 2.75) is 50.9 Å². The third-order valence-corrected chi connectivity index (χ3v) is 5.51. The first-order valence-electron chi connectivity index (χ1n) is 9.86. The van der Waals surface area contributed by atoms with Crippen LogP contribution in [-0.4, -0.2) is 47.3 Å². The summed E-state index contributed by atoms with van der Waals surface area (Å²) in [6.07, 6.45) is 1.79. The van der Waals surface area contributed by atoms with E-state index < -0.39 is 6.23 Å². The number of carbonyl (C=O) groups excluding carboxylic acids is 1. The molecule has 4 atom stereocenters. The Balaban J connectivity index is 1.90. The number of esters is 1. The van der Waals surface area contributed by atoms with Crippen molar-refractivity contribution >= 4 is 5.97 Å². The number of hydrazine groups is 1. The number of nitrogens with one attached hydrogen (secondary N) is 2. The van der Waals surface area contributed by atoms with E-state index in [-0.39, 0.29) is 36.3 Å². The summed E-state index contributed by atoms with van der Waals surface area (Å²) in [6, 6.07) is 9.84. The maximum absolute atomic E-state index is 12.2. The highest BCUT2D eigenvalue weighted by molar-refractivity contribution is 5.70. The highest BCUT2D eigenvalue weighted by Gasteiger charge is 2.43. The summed E-state index contributed by atoms with van der Waals surface area (Å²) in [5.74, 6) is -0.0143. The molecule has 0 aliphatic carbocycles. The second kappa shape index (κ2) is 9.39. The van der Waals surface area contributed by atoms with Gasteiger partial charge in [-0.3, -0.25) is 14.9 Å². The van der Waals surface area contributed by atoms with Crippen LogP contribution in [0.15, 0.2) is 36.5 Å². The second-order valence-electron chi connectivity index (χ2n) is 7.65. The number of hydrogen-bond donors (Lipinski definition) is 3. The number of benzene rings is 1. The zero-order valence-corrected chi connectivity index (χ0v) is 17.3. The van der Waals surface area contributed by atoms with Gasteiger partial charge in [0.15, 0.2) is 0 Å². The second-order valence-corrected chi connectivity index (χ2v) is 7.65. The van der Waals surface area contributed by atoms with Crippen molar-refractivity contribution in [3.8, 4) is 5.75 Å². The predicted octanol–water partition coefficient (Wildman–Crippen LogP) is 1.77. The highest BCUT2D eigenvalue weighted by atomic mass is 16.5. The van der Waals surface area contributed by atoms with Gasteiger partial charge in [-0.25, -0.2) is 5.43 Å². The van der Waals surface area contributed by atoms with Gasteiger partial charge in [-0.2, -0.15) is 5.10 Å². The van der Waals surface area contributed by atoms with Crippen molar-refractivity contribution in [3.05, 3.63) is 47.8 Å². The Hall–Kier alpha value is -2.42. The molecule has 0 amide bonds. The topological polar surface area (TPSA) is 97.6 Å². The fourth-order valence-electron chi connectivity index (χ4n) is 4.06. The van der Waals surface area contributed by atoms with Crippen LogP contribution in [0.25, 0.3) is 0 Å². The van der Waals surface area contributed by atoms with Crippen LogP contribution >= 0.6 is 0 Å². The lowest BCUT2D eigenvalue weighted by atomic mass is 9.79. The van der Waals surface area contributed by atoms with Gasteiger partial charge in [-0.05, 0) is 44.0 Å². The van der Waals surface area contributed by atoms with Crippen LogP contribution in [0.3, 0.4) is 0 Å². The van der Waals surface area contributed by atoms with Crippen molar-refractivity contribution in [3.63, 3.8) is 0 Å². The molecule has 8 heteroatoms. The third kappa shape index (κ3) is 4.77. The van der Waals surface area contributed by atoms with Gasteiger partial charge in [0.05, 0.1) is 20.6 Å². The number of nitrogens with zero attached hydrogens (tertiary/aromatic N) is 2. The standard InChI is InChI=1S/C21H30N4O4/c1-13(2)25-18(9-10-22-25)16(12-19(26)29-4)20-17(23-24-21(20)27)11-14-5-7-15(28-3)8-6-14/h5-10,13,16-17,20-21,23-24,27H,11-12H2,1-4H3. The Morgan fingerprint density at radius 1 is 1.21 bits per heavy atom. The summed E-state index contributed by atoms with van der Waals surface area (Å²) in [4.78, 5) is 12.2. The number of aromatic nitrogens is 2. The van der Waals surface area contributed by atoms with Crippen LogP contribution in [0.5, 0.6) is 5.75 Å². The molecule has 2 heterocycles. The molecule has 8 nitrogen and oxygen atoms in total. The minimum Gasteiger partial charge on any atom is -0.497 e. The number of aliphatic hydroxyl groups excluding tert-OH is 1. The highest BCUT2D eigenvalue weighted by Crippen LogP contribution is 2.36. The number of carbonyl (C=O) groups is 1. The van der Waals surface area contributed by atoms with E-state index in [1.165, 1.54) is 7.11 Å². The van der Waals surface area contributed by atoms with Crippen LogP contribution in [0, 0.1) is 5.92 Å². The Kier molecular flexibility index (Phi) is 6.89. The van der Waals surface area contributed by atoms with Crippen molar-refractivity contribution in [1.82, 2.24) is 20.6 Å². The van der Waals surface area contributed by atoms with Gasteiger partial charge in [-0.1, -0.05) is 12.1 Å². The van der Waals surface area contributed by atoms with Crippen LogP contribution < -0.4 is 15.6 Å². The van der Waals surface area contributed by atoms with Gasteiger partial charge in [0, 0.05) is 35.8 Å². The first-order valence-corrected chi connectivity index (χ1v) is 9.86. The molecule has 0 spiro atoms. The molecule has 0 saturated carbocycles. The molecule has 1 aliphatic rings. The van der Waals surface area contributed by atoms with Crippen molar-refractivity contribution in [1.29, 1.82) is 0 Å². The van der Waals surface area contributed by atoms with E-state index in [0.29, 0.717) is 6.42 Å². The van der Waals surface area contributed by atoms with E-state index in [1.54, 1.807) is 13.3 Å². The molecule has 29 heavy (non-hydrogen) atoms. The zero-order valence-electron chi connectivity index (χ0n) is 17.3. The predicted molar refractivity (Wildman–Crippen MR) is 108 cm³/mol. The SMILES string of the molecule is COC(=O)CC(c1ccnn1C(C)C)C1C(O)NNC1Cc1ccc(OC)cc1. The van der Waals surface area contributed by atoms with Crippen LogP contribution in [0.1, 0.15) is 43.5 Å². The van der Waals surface area contributed by atoms with Gasteiger partial charge in [0.2, 0.25) is 0 Å². The average Bonchev–Trinajstić information content (AvgIpc) is 3.34. The lowest BCUT2D eigenvalue weighted by Gasteiger charge is -2.30. The molecule has 3 rings (SSSR count). The number of hydrogen-bond acceptors (Lipinski definition) is 7. The van der Waals surface area contributed by atoms with Gasteiger partial charge in [0.1, 0.15) is 12.0 Å². The molecule has 4 unspecified atom stereocenters.